The van der Waals surface area contributed by atoms with Crippen LogP contribution in [0, 0.1) is 0 Å². The molecule has 1 heterocycles. The van der Waals surface area contributed by atoms with Gasteiger partial charge in [-0.3, -0.25) is 0 Å². The van der Waals surface area contributed by atoms with Gasteiger partial charge in [-0.1, -0.05) is 25.8 Å². The van der Waals surface area contributed by atoms with Crippen LogP contribution in [0.15, 0.2) is 18.2 Å². The Bertz CT molecular complexity index is 411. The monoisotopic (exact) mass is 276 g/mol. The minimum atomic E-state index is 0.314. The number of hydrogen-bond donors (Lipinski definition) is 1. The van der Waals surface area contributed by atoms with E-state index in [2.05, 4.69) is 42.3 Å². The molecule has 1 aromatic rings. The Morgan fingerprint density at radius 1 is 1.20 bits per heavy atom. The summed E-state index contributed by atoms with van der Waals surface area (Å²) in [6.45, 7) is 7.68. The van der Waals surface area contributed by atoms with Crippen molar-refractivity contribution < 1.29 is 4.74 Å². The lowest BCUT2D eigenvalue weighted by Crippen LogP contribution is -2.28. The van der Waals surface area contributed by atoms with Crippen LogP contribution in [0.2, 0.25) is 0 Å². The van der Waals surface area contributed by atoms with E-state index in [9.17, 15) is 0 Å². The lowest BCUT2D eigenvalue weighted by Gasteiger charge is -2.29. The SMILES string of the molecule is CCNC(C)c1c(OC)cccc1N1CCCCCC1. The van der Waals surface area contributed by atoms with Crippen LogP contribution in [0.25, 0.3) is 0 Å². The second-order valence-corrected chi connectivity index (χ2v) is 5.57. The molecule has 3 nitrogen and oxygen atoms in total. The summed E-state index contributed by atoms with van der Waals surface area (Å²) in [4.78, 5) is 2.54. The molecule has 0 amide bonds. The predicted octanol–water partition coefficient (Wildman–Crippen LogP) is 3.75. The average molecular weight is 276 g/mol. The summed E-state index contributed by atoms with van der Waals surface area (Å²) in [7, 11) is 1.77. The van der Waals surface area contributed by atoms with Crippen LogP contribution in [0.5, 0.6) is 5.75 Å². The van der Waals surface area contributed by atoms with Crippen molar-refractivity contribution in [3.8, 4) is 5.75 Å². The van der Waals surface area contributed by atoms with E-state index in [1.54, 1.807) is 7.11 Å². The molecular weight excluding hydrogens is 248 g/mol. The summed E-state index contributed by atoms with van der Waals surface area (Å²) in [5, 5.41) is 3.52. The molecule has 2 rings (SSSR count). The second-order valence-electron chi connectivity index (χ2n) is 5.57. The topological polar surface area (TPSA) is 24.5 Å². The average Bonchev–Trinajstić information content (AvgIpc) is 2.75. The summed E-state index contributed by atoms with van der Waals surface area (Å²) in [6, 6.07) is 6.75. The molecule has 0 aliphatic carbocycles. The Balaban J connectivity index is 2.34. The molecule has 1 aromatic carbocycles. The van der Waals surface area contributed by atoms with Crippen LogP contribution < -0.4 is 15.0 Å². The van der Waals surface area contributed by atoms with E-state index in [1.165, 1.54) is 50.0 Å². The third-order valence-electron chi connectivity index (χ3n) is 4.15. The number of ether oxygens (including phenoxy) is 1. The first-order valence-electron chi connectivity index (χ1n) is 7.93. The summed E-state index contributed by atoms with van der Waals surface area (Å²) in [5.41, 5.74) is 2.65. The first-order valence-corrected chi connectivity index (χ1v) is 7.93. The molecule has 20 heavy (non-hydrogen) atoms. The number of anilines is 1. The number of nitrogens with zero attached hydrogens (tertiary/aromatic N) is 1. The molecule has 1 N–H and O–H groups in total. The van der Waals surface area contributed by atoms with Crippen molar-refractivity contribution in [3.63, 3.8) is 0 Å². The highest BCUT2D eigenvalue weighted by molar-refractivity contribution is 5.61. The fourth-order valence-corrected chi connectivity index (χ4v) is 3.14. The van der Waals surface area contributed by atoms with E-state index in [-0.39, 0.29) is 0 Å². The maximum Gasteiger partial charge on any atom is 0.125 e. The molecule has 1 aliphatic heterocycles. The Morgan fingerprint density at radius 2 is 1.90 bits per heavy atom. The first-order chi connectivity index (χ1) is 9.77. The van der Waals surface area contributed by atoms with Gasteiger partial charge in [-0.15, -0.1) is 0 Å². The Hall–Kier alpha value is -1.22. The summed E-state index contributed by atoms with van der Waals surface area (Å²) in [6.07, 6.45) is 5.32. The molecular formula is C17H28N2O. The van der Waals surface area contributed by atoms with Crippen LogP contribution in [-0.2, 0) is 0 Å². The molecule has 0 saturated carbocycles. The quantitative estimate of drug-likeness (QED) is 0.886. The van der Waals surface area contributed by atoms with E-state index in [4.69, 9.17) is 4.74 Å². The van der Waals surface area contributed by atoms with Crippen LogP contribution in [-0.4, -0.2) is 26.7 Å². The smallest absolute Gasteiger partial charge is 0.125 e. The fourth-order valence-electron chi connectivity index (χ4n) is 3.14. The highest BCUT2D eigenvalue weighted by atomic mass is 16.5. The third-order valence-corrected chi connectivity index (χ3v) is 4.15. The zero-order chi connectivity index (χ0) is 14.4. The van der Waals surface area contributed by atoms with Gasteiger partial charge in [0.15, 0.2) is 0 Å². The van der Waals surface area contributed by atoms with Gasteiger partial charge in [-0.25, -0.2) is 0 Å². The maximum atomic E-state index is 5.61. The Labute approximate surface area is 123 Å². The van der Waals surface area contributed by atoms with Crippen LogP contribution in [0.4, 0.5) is 5.69 Å². The van der Waals surface area contributed by atoms with Crippen molar-refractivity contribution >= 4 is 5.69 Å². The normalized spacial score (nSPS) is 17.6. The Kier molecular flexibility index (Phi) is 5.72. The highest BCUT2D eigenvalue weighted by Crippen LogP contribution is 2.35. The minimum Gasteiger partial charge on any atom is -0.496 e. The van der Waals surface area contributed by atoms with E-state index < -0.39 is 0 Å². The van der Waals surface area contributed by atoms with E-state index in [1.807, 2.05) is 0 Å². The second kappa shape index (κ2) is 7.53. The van der Waals surface area contributed by atoms with Crippen molar-refractivity contribution in [2.24, 2.45) is 0 Å². The molecule has 1 fully saturated rings. The van der Waals surface area contributed by atoms with Crippen molar-refractivity contribution in [2.75, 3.05) is 31.6 Å². The van der Waals surface area contributed by atoms with Gasteiger partial charge in [-0.2, -0.15) is 0 Å². The van der Waals surface area contributed by atoms with Gasteiger partial charge >= 0.3 is 0 Å². The van der Waals surface area contributed by atoms with E-state index >= 15 is 0 Å². The maximum absolute atomic E-state index is 5.61. The molecule has 3 heteroatoms. The van der Waals surface area contributed by atoms with E-state index in [0.29, 0.717) is 6.04 Å². The fraction of sp³-hybridized carbons (Fsp3) is 0.647. The number of methoxy groups -OCH3 is 1. The van der Waals surface area contributed by atoms with Gasteiger partial charge < -0.3 is 15.0 Å². The molecule has 1 unspecified atom stereocenters. The molecule has 0 radical (unpaired) electrons. The van der Waals surface area contributed by atoms with Crippen molar-refractivity contribution in [1.29, 1.82) is 0 Å². The summed E-state index contributed by atoms with van der Waals surface area (Å²) >= 11 is 0. The summed E-state index contributed by atoms with van der Waals surface area (Å²) in [5.74, 6) is 1.00. The minimum absolute atomic E-state index is 0.314. The lowest BCUT2D eigenvalue weighted by atomic mass is 10.0. The van der Waals surface area contributed by atoms with E-state index in [0.717, 1.165) is 12.3 Å². The molecule has 1 aliphatic rings. The van der Waals surface area contributed by atoms with Crippen LogP contribution in [0.3, 0.4) is 0 Å². The zero-order valence-corrected chi connectivity index (χ0v) is 13.1. The highest BCUT2D eigenvalue weighted by Gasteiger charge is 2.20. The lowest BCUT2D eigenvalue weighted by molar-refractivity contribution is 0.402. The van der Waals surface area contributed by atoms with Crippen LogP contribution in [0.1, 0.15) is 51.1 Å². The number of hydrogen-bond acceptors (Lipinski definition) is 3. The van der Waals surface area contributed by atoms with Crippen LogP contribution >= 0.6 is 0 Å². The van der Waals surface area contributed by atoms with Gasteiger partial charge in [0.25, 0.3) is 0 Å². The third kappa shape index (κ3) is 3.45. The first kappa shape index (κ1) is 15.2. The molecule has 0 spiro atoms. The molecule has 112 valence electrons. The number of rotatable bonds is 5. The zero-order valence-electron chi connectivity index (χ0n) is 13.1. The standard InChI is InChI=1S/C17H28N2O/c1-4-18-14(2)17-15(10-9-11-16(17)20-3)19-12-7-5-6-8-13-19/h9-11,14,18H,4-8,12-13H2,1-3H3. The number of nitrogens with one attached hydrogen (secondary N) is 1. The van der Waals surface area contributed by atoms with Gasteiger partial charge in [0.2, 0.25) is 0 Å². The Morgan fingerprint density at radius 3 is 2.50 bits per heavy atom. The summed E-state index contributed by atoms with van der Waals surface area (Å²) < 4.78 is 5.61. The predicted molar refractivity (Wildman–Crippen MR) is 85.8 cm³/mol. The van der Waals surface area contributed by atoms with Gasteiger partial charge in [0, 0.05) is 30.4 Å². The molecule has 1 atom stereocenters. The molecule has 1 saturated heterocycles. The largest absolute Gasteiger partial charge is 0.496 e. The van der Waals surface area contributed by atoms with Crippen molar-refractivity contribution in [3.05, 3.63) is 23.8 Å². The van der Waals surface area contributed by atoms with Gasteiger partial charge in [-0.05, 0) is 38.4 Å². The van der Waals surface area contributed by atoms with Crippen molar-refractivity contribution in [2.45, 2.75) is 45.6 Å². The molecule has 0 aromatic heterocycles. The molecule has 0 bridgehead atoms. The van der Waals surface area contributed by atoms with Crippen molar-refractivity contribution in [1.82, 2.24) is 5.32 Å². The number of benzene rings is 1. The van der Waals surface area contributed by atoms with Gasteiger partial charge in [0.05, 0.1) is 7.11 Å². The van der Waals surface area contributed by atoms with Gasteiger partial charge in [0.1, 0.15) is 5.75 Å².